The summed E-state index contributed by atoms with van der Waals surface area (Å²) in [5.41, 5.74) is 1.77. The van der Waals surface area contributed by atoms with Crippen LogP contribution in [0.5, 0.6) is 0 Å². The summed E-state index contributed by atoms with van der Waals surface area (Å²) >= 11 is 8.85. The molecule has 1 N–H and O–H groups in total. The molecule has 0 atom stereocenters. The molecule has 0 aromatic carbocycles. The number of aromatic nitrogens is 2. The normalized spacial score (nSPS) is 15.1. The summed E-state index contributed by atoms with van der Waals surface area (Å²) in [5.74, 6) is 0.882. The zero-order valence-electron chi connectivity index (χ0n) is 14.5. The predicted octanol–water partition coefficient (Wildman–Crippen LogP) is 3.95. The first-order valence-corrected chi connectivity index (χ1v) is 10.7. The molecule has 0 saturated carbocycles. The van der Waals surface area contributed by atoms with Crippen molar-refractivity contribution < 1.29 is 4.79 Å². The maximum Gasteiger partial charge on any atom is 0.254 e. The Bertz CT molecular complexity index is 906. The summed E-state index contributed by atoms with van der Waals surface area (Å²) in [6, 6.07) is 7.80. The fraction of sp³-hybridized carbons (Fsp3) is 0.278. The van der Waals surface area contributed by atoms with Crippen LogP contribution in [0.25, 0.3) is 0 Å². The van der Waals surface area contributed by atoms with Gasteiger partial charge >= 0.3 is 0 Å². The lowest BCUT2D eigenvalue weighted by Crippen LogP contribution is -2.48. The summed E-state index contributed by atoms with van der Waals surface area (Å²) in [6.07, 6.45) is 1.62. The first-order valence-electron chi connectivity index (χ1n) is 8.55. The molecule has 9 heteroatoms. The number of anilines is 2. The minimum Gasteiger partial charge on any atom is -0.336 e. The van der Waals surface area contributed by atoms with Gasteiger partial charge in [-0.2, -0.15) is 11.3 Å². The molecule has 4 rings (SSSR count). The number of amides is 1. The number of thiophene rings is 1. The van der Waals surface area contributed by atoms with Crippen LogP contribution in [0.2, 0.25) is 4.34 Å². The zero-order chi connectivity index (χ0) is 18.6. The third-order valence-electron chi connectivity index (χ3n) is 4.33. The molecule has 0 radical (unpaired) electrons. The molecule has 0 bridgehead atoms. The molecule has 0 spiro atoms. The van der Waals surface area contributed by atoms with Crippen LogP contribution in [0.4, 0.5) is 10.9 Å². The van der Waals surface area contributed by atoms with Gasteiger partial charge in [0.05, 0.1) is 17.5 Å². The van der Waals surface area contributed by atoms with E-state index < -0.39 is 0 Å². The number of nitrogens with zero attached hydrogens (tertiary/aromatic N) is 4. The van der Waals surface area contributed by atoms with E-state index in [1.54, 1.807) is 17.5 Å². The number of hydrogen-bond donors (Lipinski definition) is 1. The number of carbonyl (C=O) groups excluding carboxylic acids is 1. The maximum absolute atomic E-state index is 12.4. The minimum absolute atomic E-state index is 0.127. The van der Waals surface area contributed by atoms with Crippen molar-refractivity contribution in [3.05, 3.63) is 56.8 Å². The van der Waals surface area contributed by atoms with Gasteiger partial charge in [0.25, 0.3) is 5.91 Å². The molecule has 1 saturated heterocycles. The van der Waals surface area contributed by atoms with Crippen molar-refractivity contribution in [3.63, 3.8) is 0 Å². The minimum atomic E-state index is 0.127. The highest BCUT2D eigenvalue weighted by atomic mass is 35.5. The number of nitrogens with one attached hydrogen (secondary N) is 1. The molecule has 4 heterocycles. The second-order valence-electron chi connectivity index (χ2n) is 6.19. The molecule has 3 aromatic heterocycles. The fourth-order valence-electron chi connectivity index (χ4n) is 2.97. The summed E-state index contributed by atoms with van der Waals surface area (Å²) < 4.78 is 0.642. The average molecular weight is 420 g/mol. The summed E-state index contributed by atoms with van der Waals surface area (Å²) in [4.78, 5) is 25.5. The summed E-state index contributed by atoms with van der Waals surface area (Å²) in [7, 11) is 0. The Morgan fingerprint density at radius 3 is 2.78 bits per heavy atom. The third kappa shape index (κ3) is 4.65. The Balaban J connectivity index is 1.32. The van der Waals surface area contributed by atoms with Crippen molar-refractivity contribution in [3.8, 4) is 0 Å². The second-order valence-corrected chi connectivity index (χ2v) is 8.63. The molecule has 3 aromatic rings. The highest BCUT2D eigenvalue weighted by molar-refractivity contribution is 7.19. The van der Waals surface area contributed by atoms with Gasteiger partial charge in [0.2, 0.25) is 0 Å². The van der Waals surface area contributed by atoms with Crippen LogP contribution < -0.4 is 5.32 Å². The number of pyridine rings is 1. The van der Waals surface area contributed by atoms with Crippen LogP contribution in [-0.4, -0.2) is 51.9 Å². The van der Waals surface area contributed by atoms with Crippen molar-refractivity contribution in [2.75, 3.05) is 31.5 Å². The molecular formula is C18H18ClN5OS2. The van der Waals surface area contributed by atoms with Gasteiger partial charge in [-0.1, -0.05) is 29.0 Å². The Morgan fingerprint density at radius 2 is 2.07 bits per heavy atom. The van der Waals surface area contributed by atoms with Crippen LogP contribution in [0, 0.1) is 0 Å². The standard InChI is InChI=1S/C18H18ClN5OS2/c19-15-10-20-18(27-15)22-16-3-1-2-14(21-16)11-23-5-7-24(8-6-23)17(25)13-4-9-26-12-13/h1-4,9-10,12H,5-8,11H2,(H,20,21,22). The lowest BCUT2D eigenvalue weighted by Gasteiger charge is -2.34. The molecule has 27 heavy (non-hydrogen) atoms. The lowest BCUT2D eigenvalue weighted by molar-refractivity contribution is 0.0627. The SMILES string of the molecule is O=C(c1ccsc1)N1CCN(Cc2cccc(Nc3ncc(Cl)s3)n2)CC1. The molecule has 1 aliphatic heterocycles. The van der Waals surface area contributed by atoms with Crippen molar-refractivity contribution in [1.82, 2.24) is 19.8 Å². The average Bonchev–Trinajstić information content (AvgIpc) is 3.34. The Hall–Kier alpha value is -2.00. The van der Waals surface area contributed by atoms with Gasteiger partial charge in [-0.25, -0.2) is 9.97 Å². The number of hydrogen-bond acceptors (Lipinski definition) is 7. The van der Waals surface area contributed by atoms with Crippen LogP contribution in [0.1, 0.15) is 16.1 Å². The largest absolute Gasteiger partial charge is 0.336 e. The topological polar surface area (TPSA) is 61.4 Å². The number of thiazole rings is 1. The van der Waals surface area contributed by atoms with Gasteiger partial charge < -0.3 is 10.2 Å². The van der Waals surface area contributed by atoms with E-state index in [2.05, 4.69) is 20.2 Å². The van der Waals surface area contributed by atoms with Gasteiger partial charge in [0, 0.05) is 38.1 Å². The second kappa shape index (κ2) is 8.35. The van der Waals surface area contributed by atoms with E-state index in [0.29, 0.717) is 4.34 Å². The van der Waals surface area contributed by atoms with E-state index in [-0.39, 0.29) is 5.91 Å². The van der Waals surface area contributed by atoms with Crippen molar-refractivity contribution in [1.29, 1.82) is 0 Å². The fourth-order valence-corrected chi connectivity index (χ4v) is 4.41. The van der Waals surface area contributed by atoms with Gasteiger partial charge in [-0.05, 0) is 23.6 Å². The van der Waals surface area contributed by atoms with Crippen LogP contribution in [0.3, 0.4) is 0 Å². The van der Waals surface area contributed by atoms with Crippen molar-refractivity contribution in [2.24, 2.45) is 0 Å². The van der Waals surface area contributed by atoms with E-state index in [4.69, 9.17) is 11.6 Å². The quantitative estimate of drug-likeness (QED) is 0.678. The number of piperazine rings is 1. The third-order valence-corrected chi connectivity index (χ3v) is 6.05. The van der Waals surface area contributed by atoms with E-state index in [0.717, 1.165) is 54.9 Å². The molecule has 0 unspecified atom stereocenters. The Morgan fingerprint density at radius 1 is 1.22 bits per heavy atom. The molecule has 1 fully saturated rings. The highest BCUT2D eigenvalue weighted by Crippen LogP contribution is 2.25. The molecule has 6 nitrogen and oxygen atoms in total. The number of rotatable bonds is 5. The predicted molar refractivity (Wildman–Crippen MR) is 110 cm³/mol. The van der Waals surface area contributed by atoms with E-state index in [1.807, 2.05) is 39.9 Å². The van der Waals surface area contributed by atoms with Gasteiger partial charge in [-0.15, -0.1) is 0 Å². The van der Waals surface area contributed by atoms with Crippen molar-refractivity contribution in [2.45, 2.75) is 6.54 Å². The summed E-state index contributed by atoms with van der Waals surface area (Å²) in [5, 5.41) is 7.76. The lowest BCUT2D eigenvalue weighted by atomic mass is 10.2. The van der Waals surface area contributed by atoms with Crippen molar-refractivity contribution >= 4 is 51.1 Å². The van der Waals surface area contributed by atoms with Gasteiger partial charge in [0.1, 0.15) is 10.2 Å². The monoisotopic (exact) mass is 419 g/mol. The molecule has 1 aliphatic rings. The van der Waals surface area contributed by atoms with Gasteiger partial charge in [0.15, 0.2) is 5.13 Å². The Labute approximate surface area is 170 Å². The number of carbonyl (C=O) groups is 1. The number of halogens is 1. The first kappa shape index (κ1) is 18.4. The van der Waals surface area contributed by atoms with E-state index >= 15 is 0 Å². The zero-order valence-corrected chi connectivity index (χ0v) is 16.9. The molecule has 0 aliphatic carbocycles. The first-order chi connectivity index (χ1) is 13.2. The molecular weight excluding hydrogens is 402 g/mol. The summed E-state index contributed by atoms with van der Waals surface area (Å²) in [6.45, 7) is 3.93. The van der Waals surface area contributed by atoms with Gasteiger partial charge in [-0.3, -0.25) is 9.69 Å². The smallest absolute Gasteiger partial charge is 0.254 e. The maximum atomic E-state index is 12.4. The van der Waals surface area contributed by atoms with E-state index in [1.165, 1.54) is 11.3 Å². The van der Waals surface area contributed by atoms with E-state index in [9.17, 15) is 4.79 Å². The Kier molecular flexibility index (Phi) is 5.68. The highest BCUT2D eigenvalue weighted by Gasteiger charge is 2.22. The van der Waals surface area contributed by atoms with Crippen LogP contribution in [-0.2, 0) is 6.54 Å². The van der Waals surface area contributed by atoms with Crippen LogP contribution in [0.15, 0.2) is 41.2 Å². The molecule has 1 amide bonds. The molecule has 140 valence electrons. The van der Waals surface area contributed by atoms with Crippen LogP contribution >= 0.6 is 34.3 Å².